The van der Waals surface area contributed by atoms with Crippen molar-refractivity contribution in [2.24, 2.45) is 11.8 Å². The third-order valence-corrected chi connectivity index (χ3v) is 10.4. The van der Waals surface area contributed by atoms with Crippen LogP contribution in [0, 0.1) is 11.8 Å². The minimum Gasteiger partial charge on any atom is -0.322 e. The van der Waals surface area contributed by atoms with Crippen LogP contribution in [0.15, 0.2) is 131 Å². The number of carbonyl (C=O) groups excluding carboxylic acids is 2. The average molecular weight is 757 g/mol. The van der Waals surface area contributed by atoms with Gasteiger partial charge in [0.2, 0.25) is 0 Å². The summed E-state index contributed by atoms with van der Waals surface area (Å²) >= 11 is 0. The minimum absolute atomic E-state index is 0.0112. The summed E-state index contributed by atoms with van der Waals surface area (Å²) in [5.41, 5.74) is 5.31. The zero-order chi connectivity index (χ0) is 38.9. The van der Waals surface area contributed by atoms with E-state index in [1.54, 1.807) is 29.1 Å². The first-order valence-electron chi connectivity index (χ1n) is 18.7. The molecule has 0 radical (unpaired) electrons. The van der Waals surface area contributed by atoms with E-state index in [0.717, 1.165) is 27.6 Å². The number of anilines is 2. The number of aromatic nitrogens is 8. The number of aromatic amines is 3. The smallest absolute Gasteiger partial charge is 0.274 e. The number of hydrogen-bond acceptors (Lipinski definition) is 8. The number of amides is 2. The maximum Gasteiger partial charge on any atom is 0.274 e. The van der Waals surface area contributed by atoms with Crippen LogP contribution in [0.3, 0.4) is 0 Å². The number of rotatable bonds is 9. The Morgan fingerprint density at radius 2 is 1.09 bits per heavy atom. The highest BCUT2D eigenvalue weighted by Crippen LogP contribution is 2.51. The number of hydrogen-bond donors (Lipinski definition) is 5. The summed E-state index contributed by atoms with van der Waals surface area (Å²) in [6, 6.07) is 30.1. The molecule has 8 aromatic rings. The summed E-state index contributed by atoms with van der Waals surface area (Å²) in [6.07, 6.45) is 10.8. The van der Waals surface area contributed by atoms with Crippen molar-refractivity contribution in [1.82, 2.24) is 40.4 Å². The van der Waals surface area contributed by atoms with E-state index >= 15 is 0 Å². The predicted octanol–water partition coefficient (Wildman–Crippen LogP) is 6.97. The van der Waals surface area contributed by atoms with Crippen LogP contribution in [-0.2, 0) is 0 Å². The fourth-order valence-corrected chi connectivity index (χ4v) is 7.20. The van der Waals surface area contributed by atoms with E-state index in [-0.39, 0.29) is 29.0 Å². The van der Waals surface area contributed by atoms with Gasteiger partial charge in [-0.1, -0.05) is 60.7 Å². The molecule has 14 nitrogen and oxygen atoms in total. The summed E-state index contributed by atoms with van der Waals surface area (Å²) < 4.78 is 1.78. The number of fused-ring (bicyclic) bond motifs is 2. The molecular formula is C43H36N10O4. The Morgan fingerprint density at radius 3 is 1.58 bits per heavy atom. The van der Waals surface area contributed by atoms with Crippen LogP contribution >= 0.6 is 0 Å². The van der Waals surface area contributed by atoms with Gasteiger partial charge in [0.25, 0.3) is 22.9 Å². The largest absolute Gasteiger partial charge is 0.322 e. The second-order valence-electron chi connectivity index (χ2n) is 14.3. The number of carbonyl (C=O) groups is 2. The molecule has 0 saturated heterocycles. The monoisotopic (exact) mass is 756 g/mol. The van der Waals surface area contributed by atoms with Gasteiger partial charge in [0.05, 0.1) is 51.7 Å². The summed E-state index contributed by atoms with van der Waals surface area (Å²) in [6.45, 7) is 0. The molecule has 10 rings (SSSR count). The zero-order valence-electron chi connectivity index (χ0n) is 30.5. The number of benzene rings is 4. The molecule has 14 heteroatoms. The number of nitrogens with zero attached hydrogens (tertiary/aromatic N) is 5. The zero-order valence-corrected chi connectivity index (χ0v) is 30.5. The van der Waals surface area contributed by atoms with Crippen molar-refractivity contribution in [3.05, 3.63) is 154 Å². The topological polar surface area (TPSA) is 196 Å². The molecule has 2 saturated carbocycles. The Morgan fingerprint density at radius 1 is 0.614 bits per heavy atom. The van der Waals surface area contributed by atoms with Crippen molar-refractivity contribution in [3.8, 4) is 22.5 Å². The third kappa shape index (κ3) is 7.35. The molecule has 0 atom stereocenters. The first-order valence-corrected chi connectivity index (χ1v) is 18.7. The normalized spacial score (nSPS) is 13.6. The lowest BCUT2D eigenvalue weighted by Crippen LogP contribution is -2.30. The molecule has 4 aromatic carbocycles. The molecule has 2 aliphatic carbocycles. The van der Waals surface area contributed by atoms with Crippen molar-refractivity contribution in [1.29, 1.82) is 0 Å². The minimum atomic E-state index is -0.242. The summed E-state index contributed by atoms with van der Waals surface area (Å²) in [7, 11) is 0. The van der Waals surface area contributed by atoms with Gasteiger partial charge in [-0.2, -0.15) is 20.4 Å². The van der Waals surface area contributed by atoms with Gasteiger partial charge in [0, 0.05) is 45.7 Å². The lowest BCUT2D eigenvalue weighted by atomic mass is 10.0. The number of H-pyrrole nitrogens is 3. The highest BCUT2D eigenvalue weighted by atomic mass is 16.2. The van der Waals surface area contributed by atoms with E-state index in [1.165, 1.54) is 44.3 Å². The Kier molecular flexibility index (Phi) is 9.26. The Balaban J connectivity index is 0.000000153. The van der Waals surface area contributed by atoms with Gasteiger partial charge in [-0.3, -0.25) is 29.4 Å². The summed E-state index contributed by atoms with van der Waals surface area (Å²) in [5.74, 6) is 0.680. The van der Waals surface area contributed by atoms with Gasteiger partial charge in [0.1, 0.15) is 0 Å². The highest BCUT2D eigenvalue weighted by molar-refractivity contribution is 6.05. The van der Waals surface area contributed by atoms with E-state index in [2.05, 4.69) is 41.2 Å². The quantitative estimate of drug-likeness (QED) is 0.104. The molecule has 2 aliphatic rings. The molecular weight excluding hydrogens is 721 g/mol. The molecule has 2 amide bonds. The maximum atomic E-state index is 13.4. The van der Waals surface area contributed by atoms with E-state index < -0.39 is 0 Å². The number of nitrogens with one attached hydrogen (secondary N) is 5. The molecule has 0 aliphatic heterocycles. The Hall–Kier alpha value is -7.48. The van der Waals surface area contributed by atoms with Gasteiger partial charge in [-0.15, -0.1) is 0 Å². The standard InChI is InChI=1S/C25H23N5O2.C18H13N5O2/c31-24(18-13-26-27-14-18)28-19-11-9-15(10-12-19)22-20-3-1-2-4-21(20)25(32)30(29-22)23(16-5-6-16)17-7-8-17;24-17(12-9-19-20-10-12)21-13-7-5-11(6-8-13)16-14-3-1-2-4-15(14)18(25)23-22-16/h1-4,9-14,16-17,23H,5-8H2,(H,26,27)(H,28,31);1-10H,(H,19,20)(H,21,24)(H,23,25). The molecule has 4 aromatic heterocycles. The third-order valence-electron chi connectivity index (χ3n) is 10.4. The van der Waals surface area contributed by atoms with Crippen LogP contribution in [0.4, 0.5) is 11.4 Å². The molecule has 0 bridgehead atoms. The molecule has 0 spiro atoms. The molecule has 5 N–H and O–H groups in total. The highest BCUT2D eigenvalue weighted by Gasteiger charge is 2.44. The molecule has 4 heterocycles. The first kappa shape index (κ1) is 35.2. The van der Waals surface area contributed by atoms with Gasteiger partial charge in [-0.25, -0.2) is 9.78 Å². The fourth-order valence-electron chi connectivity index (χ4n) is 7.20. The van der Waals surface area contributed by atoms with Crippen molar-refractivity contribution in [3.63, 3.8) is 0 Å². The van der Waals surface area contributed by atoms with Crippen LogP contribution in [0.2, 0.25) is 0 Å². The molecule has 2 fully saturated rings. The van der Waals surface area contributed by atoms with Gasteiger partial charge >= 0.3 is 0 Å². The van der Waals surface area contributed by atoms with E-state index in [1.807, 2.05) is 78.9 Å². The molecule has 282 valence electrons. The van der Waals surface area contributed by atoms with E-state index in [9.17, 15) is 19.2 Å². The van der Waals surface area contributed by atoms with Crippen LogP contribution in [-0.4, -0.2) is 52.2 Å². The van der Waals surface area contributed by atoms with Crippen LogP contribution in [0.5, 0.6) is 0 Å². The van der Waals surface area contributed by atoms with E-state index in [0.29, 0.717) is 50.8 Å². The first-order chi connectivity index (χ1) is 27.9. The summed E-state index contributed by atoms with van der Waals surface area (Å²) in [4.78, 5) is 49.5. The van der Waals surface area contributed by atoms with Crippen molar-refractivity contribution in [2.75, 3.05) is 10.6 Å². The lowest BCUT2D eigenvalue weighted by Gasteiger charge is -2.20. The lowest BCUT2D eigenvalue weighted by molar-refractivity contribution is 0.101. The Bertz CT molecular complexity index is 2830. The van der Waals surface area contributed by atoms with Crippen molar-refractivity contribution in [2.45, 2.75) is 31.7 Å². The fraction of sp³-hybridized carbons (Fsp3) is 0.163. The molecule has 0 unspecified atom stereocenters. The Labute approximate surface area is 324 Å². The van der Waals surface area contributed by atoms with Crippen LogP contribution in [0.25, 0.3) is 44.1 Å². The van der Waals surface area contributed by atoms with Crippen LogP contribution < -0.4 is 21.8 Å². The SMILES string of the molecule is O=C(Nc1ccc(-c2n[nH]c(=O)c3ccccc23)cc1)c1cn[nH]c1.O=C(Nc1ccc(-c2nn(C(C3CC3)C3CC3)c(=O)c3ccccc23)cc1)c1cn[nH]c1. The van der Waals surface area contributed by atoms with Crippen LogP contribution in [0.1, 0.15) is 52.4 Å². The van der Waals surface area contributed by atoms with Crippen molar-refractivity contribution >= 4 is 44.7 Å². The van der Waals surface area contributed by atoms with Gasteiger partial charge < -0.3 is 10.6 Å². The second kappa shape index (κ2) is 15.0. The summed E-state index contributed by atoms with van der Waals surface area (Å²) in [5, 5.41) is 33.0. The maximum absolute atomic E-state index is 13.4. The molecule has 57 heavy (non-hydrogen) atoms. The predicted molar refractivity (Wildman–Crippen MR) is 217 cm³/mol. The van der Waals surface area contributed by atoms with E-state index in [4.69, 9.17) is 5.10 Å². The second-order valence-corrected chi connectivity index (χ2v) is 14.3. The van der Waals surface area contributed by atoms with Gasteiger partial charge in [-0.05, 0) is 73.9 Å². The van der Waals surface area contributed by atoms with Crippen molar-refractivity contribution < 1.29 is 9.59 Å². The van der Waals surface area contributed by atoms with Gasteiger partial charge in [0.15, 0.2) is 0 Å². The average Bonchev–Trinajstić information content (AvgIpc) is 4.14.